The minimum Gasteiger partial charge on any atom is -0.338 e. The molecule has 0 bridgehead atoms. The second-order valence-corrected chi connectivity index (χ2v) is 6.62. The predicted molar refractivity (Wildman–Crippen MR) is 95.1 cm³/mol. The van der Waals surface area contributed by atoms with Crippen LogP contribution in [0.25, 0.3) is 0 Å². The Bertz CT molecular complexity index is 844. The molecule has 0 aromatic heterocycles. The van der Waals surface area contributed by atoms with Crippen LogP contribution in [0.2, 0.25) is 5.02 Å². The molecular weight excluding hydrogens is 362 g/mol. The SMILES string of the molecule is O=C(Nc1ccc(Cl)cc1F)C1CCCN(C(=O)c2ccccc2F)C1. The van der Waals surface area contributed by atoms with E-state index < -0.39 is 23.5 Å². The minimum absolute atomic E-state index is 0.0164. The van der Waals surface area contributed by atoms with Crippen LogP contribution in [0, 0.1) is 17.6 Å². The molecule has 136 valence electrons. The van der Waals surface area contributed by atoms with E-state index >= 15 is 0 Å². The molecule has 1 heterocycles. The Morgan fingerprint density at radius 1 is 1.12 bits per heavy atom. The largest absolute Gasteiger partial charge is 0.338 e. The smallest absolute Gasteiger partial charge is 0.256 e. The number of hydrogen-bond acceptors (Lipinski definition) is 2. The van der Waals surface area contributed by atoms with Gasteiger partial charge in [0, 0.05) is 18.1 Å². The fraction of sp³-hybridized carbons (Fsp3) is 0.263. The first-order valence-electron chi connectivity index (χ1n) is 8.25. The molecule has 2 aromatic rings. The Labute approximate surface area is 154 Å². The number of carbonyl (C=O) groups excluding carboxylic acids is 2. The van der Waals surface area contributed by atoms with Crippen LogP contribution in [0.5, 0.6) is 0 Å². The average molecular weight is 379 g/mol. The van der Waals surface area contributed by atoms with E-state index in [-0.39, 0.29) is 28.7 Å². The Morgan fingerprint density at radius 2 is 1.88 bits per heavy atom. The van der Waals surface area contributed by atoms with Crippen LogP contribution >= 0.6 is 11.6 Å². The van der Waals surface area contributed by atoms with Gasteiger partial charge in [-0.15, -0.1) is 0 Å². The monoisotopic (exact) mass is 378 g/mol. The van der Waals surface area contributed by atoms with Crippen LogP contribution in [0.1, 0.15) is 23.2 Å². The van der Waals surface area contributed by atoms with Crippen molar-refractivity contribution >= 4 is 29.1 Å². The molecule has 1 saturated heterocycles. The van der Waals surface area contributed by atoms with Gasteiger partial charge in [-0.1, -0.05) is 23.7 Å². The van der Waals surface area contributed by atoms with Gasteiger partial charge in [-0.25, -0.2) is 8.78 Å². The average Bonchev–Trinajstić information content (AvgIpc) is 2.64. The van der Waals surface area contributed by atoms with Crippen molar-refractivity contribution in [3.8, 4) is 0 Å². The molecule has 4 nitrogen and oxygen atoms in total. The third-order valence-corrected chi connectivity index (χ3v) is 4.61. The first kappa shape index (κ1) is 18.3. The lowest BCUT2D eigenvalue weighted by Crippen LogP contribution is -2.44. The molecule has 0 radical (unpaired) electrons. The van der Waals surface area contributed by atoms with Gasteiger partial charge in [-0.2, -0.15) is 0 Å². The lowest BCUT2D eigenvalue weighted by molar-refractivity contribution is -0.121. The zero-order valence-electron chi connectivity index (χ0n) is 13.8. The summed E-state index contributed by atoms with van der Waals surface area (Å²) in [7, 11) is 0. The van der Waals surface area contributed by atoms with Gasteiger partial charge in [0.1, 0.15) is 11.6 Å². The molecule has 3 rings (SSSR count). The van der Waals surface area contributed by atoms with Gasteiger partial charge in [0.25, 0.3) is 5.91 Å². The van der Waals surface area contributed by atoms with E-state index in [0.717, 1.165) is 6.07 Å². The number of nitrogens with one attached hydrogen (secondary N) is 1. The molecule has 1 aliphatic rings. The van der Waals surface area contributed by atoms with E-state index in [0.29, 0.717) is 19.4 Å². The summed E-state index contributed by atoms with van der Waals surface area (Å²) in [6.45, 7) is 0.612. The molecule has 1 aliphatic heterocycles. The van der Waals surface area contributed by atoms with Gasteiger partial charge in [0.15, 0.2) is 0 Å². The van der Waals surface area contributed by atoms with E-state index in [1.807, 2.05) is 0 Å². The quantitative estimate of drug-likeness (QED) is 0.873. The molecule has 2 amide bonds. The number of likely N-dealkylation sites (tertiary alicyclic amines) is 1. The van der Waals surface area contributed by atoms with Crippen LogP contribution in [0.3, 0.4) is 0 Å². The van der Waals surface area contributed by atoms with Crippen LogP contribution in [0.15, 0.2) is 42.5 Å². The maximum absolute atomic E-state index is 13.8. The maximum atomic E-state index is 13.8. The standard InChI is InChI=1S/C19H17ClF2N2O2/c20-13-7-8-17(16(22)10-13)23-18(25)12-4-3-9-24(11-12)19(26)14-5-1-2-6-15(14)21/h1-2,5-8,10,12H,3-4,9,11H2,(H,23,25). The van der Waals surface area contributed by atoms with Crippen LogP contribution in [-0.2, 0) is 4.79 Å². The van der Waals surface area contributed by atoms with Gasteiger partial charge < -0.3 is 10.2 Å². The van der Waals surface area contributed by atoms with E-state index in [1.54, 1.807) is 6.07 Å². The maximum Gasteiger partial charge on any atom is 0.256 e. The number of anilines is 1. The van der Waals surface area contributed by atoms with Crippen molar-refractivity contribution in [2.24, 2.45) is 5.92 Å². The van der Waals surface area contributed by atoms with Gasteiger partial charge in [-0.3, -0.25) is 9.59 Å². The normalized spacial score (nSPS) is 17.0. The van der Waals surface area contributed by atoms with Gasteiger partial charge >= 0.3 is 0 Å². The molecule has 0 spiro atoms. The molecule has 1 N–H and O–H groups in total. The number of hydrogen-bond donors (Lipinski definition) is 1. The number of nitrogens with zero attached hydrogens (tertiary/aromatic N) is 1. The summed E-state index contributed by atoms with van der Waals surface area (Å²) in [4.78, 5) is 26.4. The Hall–Kier alpha value is -2.47. The lowest BCUT2D eigenvalue weighted by atomic mass is 9.96. The zero-order valence-corrected chi connectivity index (χ0v) is 14.6. The first-order chi connectivity index (χ1) is 12.5. The summed E-state index contributed by atoms with van der Waals surface area (Å²) in [6, 6.07) is 9.74. The fourth-order valence-electron chi connectivity index (χ4n) is 3.01. The van der Waals surface area contributed by atoms with E-state index in [2.05, 4.69) is 5.32 Å². The minimum atomic E-state index is -0.624. The number of amides is 2. The van der Waals surface area contributed by atoms with Gasteiger partial charge in [-0.05, 0) is 43.2 Å². The number of piperidine rings is 1. The van der Waals surface area contributed by atoms with Crippen LogP contribution in [0.4, 0.5) is 14.5 Å². The predicted octanol–water partition coefficient (Wildman–Crippen LogP) is 4.11. The molecular formula is C19H17ClF2N2O2. The Morgan fingerprint density at radius 3 is 2.62 bits per heavy atom. The first-order valence-corrected chi connectivity index (χ1v) is 8.63. The Balaban J connectivity index is 1.69. The summed E-state index contributed by atoms with van der Waals surface area (Å²) >= 11 is 5.70. The van der Waals surface area contributed by atoms with Crippen molar-refractivity contribution in [3.63, 3.8) is 0 Å². The molecule has 26 heavy (non-hydrogen) atoms. The number of benzene rings is 2. The topological polar surface area (TPSA) is 49.4 Å². The highest BCUT2D eigenvalue weighted by Gasteiger charge is 2.30. The van der Waals surface area contributed by atoms with Crippen LogP contribution < -0.4 is 5.32 Å². The summed E-state index contributed by atoms with van der Waals surface area (Å²) in [5.41, 5.74) is 0.0225. The zero-order chi connectivity index (χ0) is 18.7. The number of halogens is 3. The molecule has 1 fully saturated rings. The van der Waals surface area contributed by atoms with E-state index in [1.165, 1.54) is 35.2 Å². The molecule has 2 aromatic carbocycles. The summed E-state index contributed by atoms with van der Waals surface area (Å²) in [5.74, 6) is -2.53. The third kappa shape index (κ3) is 4.02. The highest BCUT2D eigenvalue weighted by molar-refractivity contribution is 6.30. The summed E-state index contributed by atoms with van der Waals surface area (Å²) in [6.07, 6.45) is 1.18. The van der Waals surface area contributed by atoms with Crippen molar-refractivity contribution in [1.82, 2.24) is 4.90 Å². The number of carbonyl (C=O) groups is 2. The highest BCUT2D eigenvalue weighted by atomic mass is 35.5. The molecule has 7 heteroatoms. The highest BCUT2D eigenvalue weighted by Crippen LogP contribution is 2.23. The third-order valence-electron chi connectivity index (χ3n) is 4.37. The van der Waals surface area contributed by atoms with E-state index in [4.69, 9.17) is 11.6 Å². The van der Waals surface area contributed by atoms with Crippen LogP contribution in [-0.4, -0.2) is 29.8 Å². The van der Waals surface area contributed by atoms with E-state index in [9.17, 15) is 18.4 Å². The lowest BCUT2D eigenvalue weighted by Gasteiger charge is -2.32. The van der Waals surface area contributed by atoms with Crippen molar-refractivity contribution in [2.75, 3.05) is 18.4 Å². The Kier molecular flexibility index (Phi) is 5.52. The second-order valence-electron chi connectivity index (χ2n) is 6.18. The molecule has 0 aliphatic carbocycles. The molecule has 0 saturated carbocycles. The molecule has 1 unspecified atom stereocenters. The summed E-state index contributed by atoms with van der Waals surface area (Å²) in [5, 5.41) is 2.77. The van der Waals surface area contributed by atoms with Gasteiger partial charge in [0.2, 0.25) is 5.91 Å². The van der Waals surface area contributed by atoms with Crippen molar-refractivity contribution in [1.29, 1.82) is 0 Å². The second kappa shape index (κ2) is 7.83. The number of rotatable bonds is 3. The van der Waals surface area contributed by atoms with Gasteiger partial charge in [0.05, 0.1) is 17.2 Å². The fourth-order valence-corrected chi connectivity index (χ4v) is 3.17. The van der Waals surface area contributed by atoms with Crippen molar-refractivity contribution in [3.05, 3.63) is 64.7 Å². The molecule has 1 atom stereocenters. The summed E-state index contributed by atoms with van der Waals surface area (Å²) < 4.78 is 27.7. The van der Waals surface area contributed by atoms with Crippen molar-refractivity contribution < 1.29 is 18.4 Å². The van der Waals surface area contributed by atoms with Crippen molar-refractivity contribution in [2.45, 2.75) is 12.8 Å².